The van der Waals surface area contributed by atoms with E-state index in [1.165, 1.54) is 6.07 Å². The third-order valence-electron chi connectivity index (χ3n) is 3.47. The van der Waals surface area contributed by atoms with Crippen LogP contribution in [0, 0.1) is 12.7 Å². The van der Waals surface area contributed by atoms with Crippen LogP contribution in [0.2, 0.25) is 0 Å². The summed E-state index contributed by atoms with van der Waals surface area (Å²) in [7, 11) is 0. The molecule has 0 amide bonds. The first-order valence-electron chi connectivity index (χ1n) is 6.43. The second-order valence-electron chi connectivity index (χ2n) is 4.73. The maximum absolute atomic E-state index is 14.2. The number of fused-ring (bicyclic) bond motifs is 1. The number of pyridine rings is 1. The molecule has 0 aliphatic rings. The first kappa shape index (κ1) is 13.7. The fourth-order valence-corrected chi connectivity index (χ4v) is 2.69. The highest BCUT2D eigenvalue weighted by Gasteiger charge is 2.18. The summed E-state index contributed by atoms with van der Waals surface area (Å²) in [6.07, 6.45) is 0. The molecule has 0 aliphatic heterocycles. The summed E-state index contributed by atoms with van der Waals surface area (Å²) in [6, 6.07) is 13.8. The van der Waals surface area contributed by atoms with Crippen LogP contribution >= 0.6 is 11.6 Å². The lowest BCUT2D eigenvalue weighted by atomic mass is 9.95. The molecule has 0 spiro atoms. The van der Waals surface area contributed by atoms with E-state index in [4.69, 9.17) is 11.6 Å². The van der Waals surface area contributed by atoms with E-state index in [2.05, 4.69) is 4.98 Å². The van der Waals surface area contributed by atoms with Gasteiger partial charge in [-0.15, -0.1) is 0 Å². The van der Waals surface area contributed by atoms with Crippen molar-refractivity contribution in [2.75, 3.05) is 0 Å². The first-order chi connectivity index (χ1) is 10.1. The molecular formula is C17H11ClFNO. The SMILES string of the molecule is Cc1c(C(=O)Cl)nc2ccccc2c1-c1ccccc1F. The van der Waals surface area contributed by atoms with Gasteiger partial charge in [0.25, 0.3) is 5.24 Å². The van der Waals surface area contributed by atoms with E-state index in [1.54, 1.807) is 31.2 Å². The molecule has 21 heavy (non-hydrogen) atoms. The Bertz CT molecular complexity index is 861. The zero-order valence-electron chi connectivity index (χ0n) is 11.2. The number of rotatable bonds is 2. The van der Waals surface area contributed by atoms with Crippen molar-refractivity contribution in [1.82, 2.24) is 4.98 Å². The molecule has 0 saturated carbocycles. The molecule has 3 rings (SSSR count). The summed E-state index contributed by atoms with van der Waals surface area (Å²) in [5, 5.41) is 0.151. The molecule has 2 aromatic carbocycles. The van der Waals surface area contributed by atoms with Crippen molar-refractivity contribution >= 4 is 27.7 Å². The monoisotopic (exact) mass is 299 g/mol. The number of para-hydroxylation sites is 1. The summed E-state index contributed by atoms with van der Waals surface area (Å²) < 4.78 is 14.2. The van der Waals surface area contributed by atoms with Crippen LogP contribution in [0.1, 0.15) is 16.1 Å². The van der Waals surface area contributed by atoms with Crippen molar-refractivity contribution < 1.29 is 9.18 Å². The zero-order chi connectivity index (χ0) is 15.0. The summed E-state index contributed by atoms with van der Waals surface area (Å²) in [6.45, 7) is 1.73. The summed E-state index contributed by atoms with van der Waals surface area (Å²) >= 11 is 5.61. The molecule has 0 N–H and O–H groups in total. The van der Waals surface area contributed by atoms with Gasteiger partial charge in [0.15, 0.2) is 0 Å². The quantitative estimate of drug-likeness (QED) is 0.640. The van der Waals surface area contributed by atoms with Crippen molar-refractivity contribution in [2.24, 2.45) is 0 Å². The largest absolute Gasteiger partial charge is 0.274 e. The maximum atomic E-state index is 14.2. The molecule has 0 radical (unpaired) electrons. The molecule has 104 valence electrons. The van der Waals surface area contributed by atoms with E-state index in [1.807, 2.05) is 18.2 Å². The van der Waals surface area contributed by atoms with E-state index in [9.17, 15) is 9.18 Å². The summed E-state index contributed by atoms with van der Waals surface area (Å²) in [4.78, 5) is 15.9. The third-order valence-corrected chi connectivity index (χ3v) is 3.64. The lowest BCUT2D eigenvalue weighted by Gasteiger charge is -2.13. The van der Waals surface area contributed by atoms with Gasteiger partial charge in [-0.3, -0.25) is 4.79 Å². The lowest BCUT2D eigenvalue weighted by Crippen LogP contribution is -2.02. The van der Waals surface area contributed by atoms with E-state index in [0.29, 0.717) is 22.2 Å². The van der Waals surface area contributed by atoms with Crippen LogP contribution in [-0.4, -0.2) is 10.2 Å². The van der Waals surface area contributed by atoms with Gasteiger partial charge in [-0.05, 0) is 41.8 Å². The Labute approximate surface area is 126 Å². The first-order valence-corrected chi connectivity index (χ1v) is 6.81. The number of aromatic nitrogens is 1. The van der Waals surface area contributed by atoms with Gasteiger partial charge in [-0.1, -0.05) is 36.4 Å². The molecule has 4 heteroatoms. The molecule has 0 fully saturated rings. The predicted octanol–water partition coefficient (Wildman–Crippen LogP) is 4.73. The average Bonchev–Trinajstić information content (AvgIpc) is 2.47. The topological polar surface area (TPSA) is 30.0 Å². The van der Waals surface area contributed by atoms with Crippen molar-refractivity contribution in [3.05, 3.63) is 65.6 Å². The Hall–Kier alpha value is -2.26. The fourth-order valence-electron chi connectivity index (χ4n) is 2.51. The van der Waals surface area contributed by atoms with Crippen molar-refractivity contribution in [2.45, 2.75) is 6.92 Å². The number of carbonyl (C=O) groups excluding carboxylic acids is 1. The second-order valence-corrected chi connectivity index (χ2v) is 5.07. The number of carbonyl (C=O) groups is 1. The summed E-state index contributed by atoms with van der Waals surface area (Å²) in [5.41, 5.74) is 2.45. The van der Waals surface area contributed by atoms with Crippen LogP contribution in [0.3, 0.4) is 0 Å². The minimum absolute atomic E-state index is 0.161. The number of hydrogen-bond acceptors (Lipinski definition) is 2. The van der Waals surface area contributed by atoms with Gasteiger partial charge in [0.1, 0.15) is 11.5 Å². The van der Waals surface area contributed by atoms with Gasteiger partial charge < -0.3 is 0 Å². The summed E-state index contributed by atoms with van der Waals surface area (Å²) in [5.74, 6) is -0.343. The lowest BCUT2D eigenvalue weighted by molar-refractivity contribution is 0.107. The van der Waals surface area contributed by atoms with E-state index < -0.39 is 5.24 Å². The Morgan fingerprint density at radius 1 is 1.10 bits per heavy atom. The molecule has 1 heterocycles. The molecule has 0 aliphatic carbocycles. The van der Waals surface area contributed by atoms with E-state index >= 15 is 0 Å². The Morgan fingerprint density at radius 2 is 1.76 bits per heavy atom. The second kappa shape index (κ2) is 5.26. The molecule has 0 saturated heterocycles. The smallest absolute Gasteiger partial charge is 0.271 e. The minimum atomic E-state index is -0.643. The Balaban J connectivity index is 2.48. The molecule has 3 aromatic rings. The number of halogens is 2. The molecule has 2 nitrogen and oxygen atoms in total. The Morgan fingerprint density at radius 3 is 2.48 bits per heavy atom. The van der Waals surface area contributed by atoms with Crippen LogP contribution in [-0.2, 0) is 0 Å². The average molecular weight is 300 g/mol. The molecule has 0 bridgehead atoms. The van der Waals surface area contributed by atoms with Gasteiger partial charge in [0.05, 0.1) is 5.52 Å². The minimum Gasteiger partial charge on any atom is -0.274 e. The molecule has 0 unspecified atom stereocenters. The van der Waals surface area contributed by atoms with Gasteiger partial charge >= 0.3 is 0 Å². The highest BCUT2D eigenvalue weighted by molar-refractivity contribution is 6.67. The van der Waals surface area contributed by atoms with Crippen molar-refractivity contribution in [3.63, 3.8) is 0 Å². The van der Waals surface area contributed by atoms with Crippen molar-refractivity contribution in [3.8, 4) is 11.1 Å². The molecular weight excluding hydrogens is 289 g/mol. The van der Waals surface area contributed by atoms with E-state index in [0.717, 1.165) is 5.39 Å². The third kappa shape index (κ3) is 2.30. The van der Waals surface area contributed by atoms with Crippen LogP contribution in [0.15, 0.2) is 48.5 Å². The van der Waals surface area contributed by atoms with Crippen LogP contribution in [0.25, 0.3) is 22.0 Å². The number of benzene rings is 2. The predicted molar refractivity (Wildman–Crippen MR) is 82.1 cm³/mol. The van der Waals surface area contributed by atoms with Crippen LogP contribution in [0.4, 0.5) is 4.39 Å². The van der Waals surface area contributed by atoms with Gasteiger partial charge in [0, 0.05) is 10.9 Å². The highest BCUT2D eigenvalue weighted by atomic mass is 35.5. The maximum Gasteiger partial charge on any atom is 0.271 e. The highest BCUT2D eigenvalue weighted by Crippen LogP contribution is 2.34. The normalized spacial score (nSPS) is 10.8. The van der Waals surface area contributed by atoms with Crippen LogP contribution in [0.5, 0.6) is 0 Å². The Kier molecular flexibility index (Phi) is 3.43. The van der Waals surface area contributed by atoms with Crippen molar-refractivity contribution in [1.29, 1.82) is 0 Å². The number of nitrogens with zero attached hydrogens (tertiary/aromatic N) is 1. The van der Waals surface area contributed by atoms with Crippen LogP contribution < -0.4 is 0 Å². The molecule has 0 atom stereocenters. The molecule has 1 aromatic heterocycles. The number of hydrogen-bond donors (Lipinski definition) is 0. The van der Waals surface area contributed by atoms with Gasteiger partial charge in [-0.25, -0.2) is 9.37 Å². The van der Waals surface area contributed by atoms with Gasteiger partial charge in [-0.2, -0.15) is 0 Å². The fraction of sp³-hybridized carbons (Fsp3) is 0.0588. The standard InChI is InChI=1S/C17H11ClFNO/c1-10-15(11-6-2-4-8-13(11)19)12-7-3-5-9-14(12)20-16(10)17(18)21/h2-9H,1H3. The van der Waals surface area contributed by atoms with Gasteiger partial charge in [0.2, 0.25) is 0 Å². The van der Waals surface area contributed by atoms with E-state index in [-0.39, 0.29) is 11.5 Å². The zero-order valence-corrected chi connectivity index (χ0v) is 12.0.